The van der Waals surface area contributed by atoms with E-state index in [-0.39, 0.29) is 21.4 Å². The summed E-state index contributed by atoms with van der Waals surface area (Å²) in [4.78, 5) is 12.6. The molecule has 1 heterocycles. The van der Waals surface area contributed by atoms with E-state index in [2.05, 4.69) is 0 Å². The third kappa shape index (κ3) is 2.64. The first kappa shape index (κ1) is 14.0. The number of nitrogen functional groups attached to an aromatic ring is 1. The minimum Gasteiger partial charge on any atom is -0.486 e. The Kier molecular flexibility index (Phi) is 3.66. The van der Waals surface area contributed by atoms with Gasteiger partial charge in [0, 0.05) is 16.8 Å². The van der Waals surface area contributed by atoms with Crippen molar-refractivity contribution in [3.8, 4) is 11.5 Å². The maximum absolute atomic E-state index is 12.6. The van der Waals surface area contributed by atoms with Crippen LogP contribution in [-0.4, -0.2) is 19.0 Å². The van der Waals surface area contributed by atoms with Gasteiger partial charge in [0.05, 0.1) is 10.0 Å². The third-order valence-corrected chi connectivity index (χ3v) is 3.90. The predicted octanol–water partition coefficient (Wildman–Crippen LogP) is 3.58. The Morgan fingerprint density at radius 1 is 1.05 bits per heavy atom. The minimum atomic E-state index is -0.272. The average molecular weight is 324 g/mol. The van der Waals surface area contributed by atoms with Crippen molar-refractivity contribution < 1.29 is 14.3 Å². The molecule has 108 valence electrons. The summed E-state index contributed by atoms with van der Waals surface area (Å²) in [5, 5.41) is 0.434. The van der Waals surface area contributed by atoms with Crippen molar-refractivity contribution >= 4 is 34.7 Å². The number of ether oxygens (including phenoxy) is 2. The Morgan fingerprint density at radius 2 is 1.76 bits per heavy atom. The SMILES string of the molecule is Nc1cc(Cl)c(Cl)c(C(=O)c2ccc3c(c2)OCCO3)c1. The lowest BCUT2D eigenvalue weighted by atomic mass is 10.0. The molecule has 0 unspecified atom stereocenters. The second kappa shape index (κ2) is 5.47. The van der Waals surface area contributed by atoms with E-state index in [1.165, 1.54) is 12.1 Å². The maximum Gasteiger partial charge on any atom is 0.194 e. The molecular formula is C15H11Cl2NO3. The molecule has 0 amide bonds. The fourth-order valence-corrected chi connectivity index (χ4v) is 2.54. The van der Waals surface area contributed by atoms with Crippen molar-refractivity contribution in [1.82, 2.24) is 0 Å². The molecule has 6 heteroatoms. The Hall–Kier alpha value is -1.91. The largest absolute Gasteiger partial charge is 0.486 e. The highest BCUT2D eigenvalue weighted by atomic mass is 35.5. The third-order valence-electron chi connectivity index (χ3n) is 3.10. The Labute approximate surface area is 131 Å². The van der Waals surface area contributed by atoms with E-state index in [0.717, 1.165) is 0 Å². The molecule has 0 aliphatic carbocycles. The summed E-state index contributed by atoms with van der Waals surface area (Å²) < 4.78 is 10.9. The Bertz CT molecular complexity index is 731. The van der Waals surface area contributed by atoms with Gasteiger partial charge in [0.2, 0.25) is 0 Å². The van der Waals surface area contributed by atoms with Crippen molar-refractivity contribution in [2.24, 2.45) is 0 Å². The van der Waals surface area contributed by atoms with Crippen LogP contribution in [0.3, 0.4) is 0 Å². The zero-order valence-electron chi connectivity index (χ0n) is 10.9. The van der Waals surface area contributed by atoms with Crippen molar-refractivity contribution in [3.05, 3.63) is 51.5 Å². The second-order valence-corrected chi connectivity index (χ2v) is 5.34. The lowest BCUT2D eigenvalue weighted by Gasteiger charge is -2.18. The van der Waals surface area contributed by atoms with Crippen LogP contribution in [0.25, 0.3) is 0 Å². The number of carbonyl (C=O) groups excluding carboxylic acids is 1. The molecule has 0 bridgehead atoms. The number of hydrogen-bond acceptors (Lipinski definition) is 4. The van der Waals surface area contributed by atoms with E-state index < -0.39 is 0 Å². The first-order chi connectivity index (χ1) is 10.1. The summed E-state index contributed by atoms with van der Waals surface area (Å²) in [6.45, 7) is 0.951. The first-order valence-corrected chi connectivity index (χ1v) is 7.01. The van der Waals surface area contributed by atoms with Crippen LogP contribution in [0.2, 0.25) is 10.0 Å². The van der Waals surface area contributed by atoms with Gasteiger partial charge >= 0.3 is 0 Å². The van der Waals surface area contributed by atoms with E-state index in [1.54, 1.807) is 18.2 Å². The van der Waals surface area contributed by atoms with E-state index in [9.17, 15) is 4.79 Å². The van der Waals surface area contributed by atoms with Gasteiger partial charge in [-0.05, 0) is 30.3 Å². The zero-order valence-corrected chi connectivity index (χ0v) is 12.4. The predicted molar refractivity (Wildman–Crippen MR) is 81.7 cm³/mol. The molecular weight excluding hydrogens is 313 g/mol. The van der Waals surface area contributed by atoms with Crippen molar-refractivity contribution in [2.45, 2.75) is 0 Å². The van der Waals surface area contributed by atoms with Crippen LogP contribution >= 0.6 is 23.2 Å². The van der Waals surface area contributed by atoms with Crippen molar-refractivity contribution in [2.75, 3.05) is 18.9 Å². The molecule has 0 saturated heterocycles. The van der Waals surface area contributed by atoms with Gasteiger partial charge in [-0.1, -0.05) is 23.2 Å². The topological polar surface area (TPSA) is 61.6 Å². The summed E-state index contributed by atoms with van der Waals surface area (Å²) in [6.07, 6.45) is 0. The molecule has 0 saturated carbocycles. The van der Waals surface area contributed by atoms with E-state index >= 15 is 0 Å². The molecule has 2 aromatic carbocycles. The number of halogens is 2. The average Bonchev–Trinajstić information content (AvgIpc) is 2.49. The Morgan fingerprint density at radius 3 is 2.52 bits per heavy atom. The first-order valence-electron chi connectivity index (χ1n) is 6.25. The number of rotatable bonds is 2. The normalized spacial score (nSPS) is 13.0. The zero-order chi connectivity index (χ0) is 15.0. The number of ketones is 1. The van der Waals surface area contributed by atoms with Crippen LogP contribution in [0.5, 0.6) is 11.5 Å². The van der Waals surface area contributed by atoms with Crippen LogP contribution in [-0.2, 0) is 0 Å². The fourth-order valence-electron chi connectivity index (χ4n) is 2.12. The van der Waals surface area contributed by atoms with Gasteiger partial charge in [-0.2, -0.15) is 0 Å². The van der Waals surface area contributed by atoms with Crippen LogP contribution < -0.4 is 15.2 Å². The van der Waals surface area contributed by atoms with Gasteiger partial charge in [0.15, 0.2) is 17.3 Å². The molecule has 2 N–H and O–H groups in total. The van der Waals surface area contributed by atoms with E-state index in [1.807, 2.05) is 0 Å². The molecule has 0 fully saturated rings. The molecule has 21 heavy (non-hydrogen) atoms. The smallest absolute Gasteiger partial charge is 0.194 e. The van der Waals surface area contributed by atoms with E-state index in [0.29, 0.717) is 36.0 Å². The summed E-state index contributed by atoms with van der Waals surface area (Å²) in [5.41, 5.74) is 6.79. The highest BCUT2D eigenvalue weighted by Crippen LogP contribution is 2.34. The standard InChI is InChI=1S/C15H11Cl2NO3/c16-11-7-9(18)6-10(14(11)17)15(19)8-1-2-12-13(5-8)21-4-3-20-12/h1-2,5-7H,3-4,18H2. The summed E-state index contributed by atoms with van der Waals surface area (Å²) in [6, 6.07) is 7.99. The van der Waals surface area contributed by atoms with Gasteiger partial charge in [-0.3, -0.25) is 4.79 Å². The van der Waals surface area contributed by atoms with Crippen LogP contribution in [0, 0.1) is 0 Å². The van der Waals surface area contributed by atoms with Crippen molar-refractivity contribution in [3.63, 3.8) is 0 Å². The maximum atomic E-state index is 12.6. The van der Waals surface area contributed by atoms with Crippen molar-refractivity contribution in [1.29, 1.82) is 0 Å². The molecule has 0 aromatic heterocycles. The number of hydrogen-bond donors (Lipinski definition) is 1. The number of benzene rings is 2. The van der Waals surface area contributed by atoms with Crippen LogP contribution in [0.4, 0.5) is 5.69 Å². The molecule has 0 atom stereocenters. The molecule has 1 aliphatic rings. The van der Waals surface area contributed by atoms with Gasteiger partial charge < -0.3 is 15.2 Å². The summed E-state index contributed by atoms with van der Waals surface area (Å²) >= 11 is 12.0. The lowest BCUT2D eigenvalue weighted by molar-refractivity contribution is 0.103. The van der Waals surface area contributed by atoms with Crippen LogP contribution in [0.15, 0.2) is 30.3 Å². The van der Waals surface area contributed by atoms with Crippen LogP contribution in [0.1, 0.15) is 15.9 Å². The molecule has 3 rings (SSSR count). The summed E-state index contributed by atoms with van der Waals surface area (Å²) in [7, 11) is 0. The molecule has 0 radical (unpaired) electrons. The second-order valence-electron chi connectivity index (χ2n) is 4.55. The number of anilines is 1. The Balaban J connectivity index is 2.03. The van der Waals surface area contributed by atoms with Gasteiger partial charge in [-0.25, -0.2) is 0 Å². The van der Waals surface area contributed by atoms with Gasteiger partial charge in [0.25, 0.3) is 0 Å². The highest BCUT2D eigenvalue weighted by Gasteiger charge is 2.19. The number of nitrogens with two attached hydrogens (primary N) is 1. The van der Waals surface area contributed by atoms with Gasteiger partial charge in [-0.15, -0.1) is 0 Å². The highest BCUT2D eigenvalue weighted by molar-refractivity contribution is 6.44. The minimum absolute atomic E-state index is 0.186. The quantitative estimate of drug-likeness (QED) is 0.677. The molecule has 4 nitrogen and oxygen atoms in total. The summed E-state index contributed by atoms with van der Waals surface area (Å²) in [5.74, 6) is 0.888. The monoisotopic (exact) mass is 323 g/mol. The molecule has 2 aromatic rings. The lowest BCUT2D eigenvalue weighted by Crippen LogP contribution is -2.16. The molecule has 0 spiro atoms. The van der Waals surface area contributed by atoms with E-state index in [4.69, 9.17) is 38.4 Å². The fraction of sp³-hybridized carbons (Fsp3) is 0.133. The number of carbonyl (C=O) groups is 1. The molecule has 1 aliphatic heterocycles. The van der Waals surface area contributed by atoms with Gasteiger partial charge in [0.1, 0.15) is 13.2 Å². The number of fused-ring (bicyclic) bond motifs is 1.